The van der Waals surface area contributed by atoms with Gasteiger partial charge in [-0.2, -0.15) is 10.2 Å². The van der Waals surface area contributed by atoms with E-state index in [2.05, 4.69) is 302 Å². The second-order valence-electron chi connectivity index (χ2n) is 30.6. The van der Waals surface area contributed by atoms with Gasteiger partial charge in [-0.05, 0) is 158 Å². The molecule has 14 aromatic rings. The molecule has 0 saturated heterocycles. The molecular formula is C80H100N14. The lowest BCUT2D eigenvalue weighted by Crippen LogP contribution is -2.12. The molecule has 0 bridgehead atoms. The molecule has 9 heterocycles. The van der Waals surface area contributed by atoms with Crippen LogP contribution in [-0.4, -0.2) is 67.8 Å². The van der Waals surface area contributed by atoms with Crippen molar-refractivity contribution in [3.8, 4) is 0 Å². The number of benzene rings is 5. The summed E-state index contributed by atoms with van der Waals surface area (Å²) >= 11 is 0. The summed E-state index contributed by atoms with van der Waals surface area (Å²) in [6, 6.07) is 44.6. The number of hydrogen-bond acceptors (Lipinski definition) is 9. The highest BCUT2D eigenvalue weighted by atomic mass is 15.3. The summed E-state index contributed by atoms with van der Waals surface area (Å²) in [5.41, 5.74) is 22.3. The molecular weight excluding hydrogens is 1160 g/mol. The summed E-state index contributed by atoms with van der Waals surface area (Å²) in [6.45, 7) is 44.0. The molecule has 5 aromatic carbocycles. The first-order valence-corrected chi connectivity index (χ1v) is 32.5. The van der Waals surface area contributed by atoms with Crippen LogP contribution in [0, 0.1) is 13.8 Å². The van der Waals surface area contributed by atoms with E-state index in [-0.39, 0.29) is 32.5 Å². The Morgan fingerprint density at radius 3 is 1.45 bits per heavy atom. The Hall–Kier alpha value is -9.43. The number of pyridine rings is 3. The van der Waals surface area contributed by atoms with Gasteiger partial charge in [0.05, 0.1) is 63.0 Å². The van der Waals surface area contributed by atoms with Gasteiger partial charge < -0.3 is 13.5 Å². The largest absolute Gasteiger partial charge is 0.334 e. The van der Waals surface area contributed by atoms with Gasteiger partial charge in [-0.15, -0.1) is 0 Å². The lowest BCUT2D eigenvalue weighted by Gasteiger charge is -2.19. The smallest absolute Gasteiger partial charge is 0.155 e. The summed E-state index contributed by atoms with van der Waals surface area (Å²) in [5.74, 6) is 0. The number of hydrogen-bond donors (Lipinski definition) is 0. The highest BCUT2D eigenvalue weighted by Gasteiger charge is 2.19. The molecule has 0 fully saturated rings. The maximum absolute atomic E-state index is 4.36. The van der Waals surface area contributed by atoms with Gasteiger partial charge in [-0.25, -0.2) is 24.5 Å². The third-order valence-corrected chi connectivity index (χ3v) is 16.6. The summed E-state index contributed by atoms with van der Waals surface area (Å²) in [6.07, 6.45) is 18.5. The quantitative estimate of drug-likeness (QED) is 0.145. The predicted octanol–water partition coefficient (Wildman–Crippen LogP) is 19.0. The molecule has 0 amide bonds. The fourth-order valence-electron chi connectivity index (χ4n) is 10.2. The molecule has 14 nitrogen and oxygen atoms in total. The van der Waals surface area contributed by atoms with Crippen molar-refractivity contribution in [2.75, 3.05) is 0 Å². The molecule has 0 aliphatic carbocycles. The van der Waals surface area contributed by atoms with Crippen molar-refractivity contribution in [2.24, 2.45) is 21.1 Å². The molecule has 0 atom stereocenters. The van der Waals surface area contributed by atoms with E-state index in [9.17, 15) is 0 Å². The minimum absolute atomic E-state index is 0.167. The fourth-order valence-corrected chi connectivity index (χ4v) is 10.2. The van der Waals surface area contributed by atoms with Gasteiger partial charge in [0.15, 0.2) is 5.65 Å². The standard InChI is InChI=1S/C13H15N.3C12H16N2.C12H14N2.C10H13N3.C9H10N2/c1-13(2,3)11-6-7-12-10(9-11)5-4-8-14-12;1-12(2,3)10-6-5-9-8-13-14(4)11(9)7-10;1-12(2,3)9-5-6-11-10(7-9)13-8-14(11)4;1-12(2,3)9-5-6-10-11(7-9)14(4)8-13-10;1-12(2,3)9-4-5-10-11(8-9)14-7-6-13-10;1-10(2,3)8-4-5-9-11-7-12-13(9)6-8;1-7-3-4-9-10-5-8(2)11(9)6-7/h4-9H,1-3H3;3*5-8H,1-4H3;4-8H,1-3H3;4-7H,1-3H3;3-6H,1-2H3. The van der Waals surface area contributed by atoms with Crippen LogP contribution in [-0.2, 0) is 53.6 Å². The Morgan fingerprint density at radius 2 is 0.819 bits per heavy atom. The summed E-state index contributed by atoms with van der Waals surface area (Å²) in [5, 5.41) is 10.8. The van der Waals surface area contributed by atoms with E-state index in [1.165, 1.54) is 72.0 Å². The third-order valence-electron chi connectivity index (χ3n) is 16.6. The minimum atomic E-state index is 0.167. The van der Waals surface area contributed by atoms with Gasteiger partial charge in [0.1, 0.15) is 12.0 Å². The van der Waals surface area contributed by atoms with Crippen molar-refractivity contribution in [3.63, 3.8) is 0 Å². The molecule has 9 aromatic heterocycles. The topological polar surface area (TPSA) is 140 Å². The van der Waals surface area contributed by atoms with Crippen molar-refractivity contribution in [1.29, 1.82) is 0 Å². The van der Waals surface area contributed by atoms with Crippen LogP contribution in [0.5, 0.6) is 0 Å². The van der Waals surface area contributed by atoms with Crippen molar-refractivity contribution >= 4 is 66.2 Å². The van der Waals surface area contributed by atoms with E-state index < -0.39 is 0 Å². The Morgan fingerprint density at radius 1 is 0.330 bits per heavy atom. The summed E-state index contributed by atoms with van der Waals surface area (Å²) in [7, 11) is 6.03. The average molecular weight is 1260 g/mol. The number of aryl methyl sites for hydroxylation is 5. The van der Waals surface area contributed by atoms with Crippen molar-refractivity contribution in [3.05, 3.63) is 234 Å². The average Bonchev–Trinajstić information content (AvgIpc) is 1.51. The van der Waals surface area contributed by atoms with Gasteiger partial charge in [0, 0.05) is 74.8 Å². The van der Waals surface area contributed by atoms with Crippen LogP contribution < -0.4 is 0 Å². The fraction of sp³-hybridized carbons (Fsp3) is 0.362. The maximum atomic E-state index is 4.36. The molecule has 0 radical (unpaired) electrons. The highest BCUT2D eigenvalue weighted by molar-refractivity contribution is 5.81. The Labute approximate surface area is 557 Å². The van der Waals surface area contributed by atoms with Gasteiger partial charge in [-0.3, -0.25) is 19.6 Å². The minimum Gasteiger partial charge on any atom is -0.334 e. The number of imidazole rings is 3. The lowest BCUT2D eigenvalue weighted by atomic mass is 9.86. The zero-order chi connectivity index (χ0) is 68.7. The van der Waals surface area contributed by atoms with Gasteiger partial charge in [-0.1, -0.05) is 179 Å². The number of fused-ring (bicyclic) bond motifs is 7. The summed E-state index contributed by atoms with van der Waals surface area (Å²) < 4.78 is 9.92. The van der Waals surface area contributed by atoms with E-state index >= 15 is 0 Å². The molecule has 14 rings (SSSR count). The van der Waals surface area contributed by atoms with Gasteiger partial charge in [0.25, 0.3) is 0 Å². The molecule has 0 spiro atoms. The SMILES string of the molecule is CC(C)(C)c1ccc2ncccc2c1.CC(C)(C)c1ccc2nccnc2c1.CC(C)(C)c1ccc2ncnn2c1.Cc1ccc2ncc(C)n2c1.Cn1cnc2cc(C(C)(C)C)ccc21.Cn1cnc2ccc(C(C)(C)C)cc21.Cn1ncc2ccc(C(C)(C)C)cc21. The van der Waals surface area contributed by atoms with Crippen molar-refractivity contribution < 1.29 is 0 Å². The van der Waals surface area contributed by atoms with Crippen molar-refractivity contribution in [1.82, 2.24) is 67.8 Å². The second kappa shape index (κ2) is 28.4. The molecule has 14 heteroatoms. The monoisotopic (exact) mass is 1260 g/mol. The van der Waals surface area contributed by atoms with Crippen LogP contribution >= 0.6 is 0 Å². The first-order valence-electron chi connectivity index (χ1n) is 32.5. The van der Waals surface area contributed by atoms with Crippen LogP contribution in [0.1, 0.15) is 169 Å². The Balaban J connectivity index is 0.000000141. The molecule has 0 unspecified atom stereocenters. The number of nitrogens with zero attached hydrogens (tertiary/aromatic N) is 14. The molecule has 0 aliphatic rings. The van der Waals surface area contributed by atoms with E-state index in [1.807, 2.05) is 92.1 Å². The zero-order valence-electron chi connectivity index (χ0n) is 60.2. The summed E-state index contributed by atoms with van der Waals surface area (Å²) in [4.78, 5) is 29.8. The molecule has 490 valence electrons. The van der Waals surface area contributed by atoms with Gasteiger partial charge >= 0.3 is 0 Å². The third kappa shape index (κ3) is 18.2. The Bertz CT molecular complexity index is 4630. The van der Waals surface area contributed by atoms with Crippen LogP contribution in [0.2, 0.25) is 0 Å². The van der Waals surface area contributed by atoms with Crippen LogP contribution in [0.25, 0.3) is 66.2 Å². The molecule has 94 heavy (non-hydrogen) atoms. The lowest BCUT2D eigenvalue weighted by molar-refractivity contribution is 0.584. The first-order chi connectivity index (χ1) is 43.9. The first kappa shape index (κ1) is 70.4. The van der Waals surface area contributed by atoms with E-state index in [0.717, 1.165) is 38.9 Å². The Kier molecular flexibility index (Phi) is 21.3. The normalized spacial score (nSPS) is 12.0. The van der Waals surface area contributed by atoms with Crippen LogP contribution in [0.4, 0.5) is 0 Å². The molecule has 0 saturated carbocycles. The maximum Gasteiger partial charge on any atom is 0.155 e. The van der Waals surface area contributed by atoms with E-state index in [4.69, 9.17) is 0 Å². The second-order valence-corrected chi connectivity index (χ2v) is 30.6. The van der Waals surface area contributed by atoms with E-state index in [0.29, 0.717) is 0 Å². The van der Waals surface area contributed by atoms with Crippen LogP contribution in [0.15, 0.2) is 190 Å². The predicted molar refractivity (Wildman–Crippen MR) is 393 cm³/mol. The highest BCUT2D eigenvalue weighted by Crippen LogP contribution is 2.30. The van der Waals surface area contributed by atoms with Crippen LogP contribution in [0.3, 0.4) is 0 Å². The number of aromatic nitrogens is 14. The van der Waals surface area contributed by atoms with E-state index in [1.54, 1.807) is 23.2 Å². The number of rotatable bonds is 0. The molecule has 0 aliphatic heterocycles. The molecule has 0 N–H and O–H groups in total. The van der Waals surface area contributed by atoms with Crippen molar-refractivity contribution in [2.45, 2.75) is 171 Å². The van der Waals surface area contributed by atoms with Gasteiger partial charge in [0.2, 0.25) is 0 Å². The zero-order valence-corrected chi connectivity index (χ0v) is 60.2.